The molecule has 0 atom stereocenters. The molecular weight excluding hydrogens is 1920 g/mol. The van der Waals surface area contributed by atoms with Gasteiger partial charge in [-0.05, 0) is 283 Å². The Morgan fingerprint density at radius 1 is 0.255 bits per heavy atom. The quantitative estimate of drug-likeness (QED) is 0.0327. The molecule has 18 rings (SSSR count). The number of para-hydroxylation sites is 3. The van der Waals surface area contributed by atoms with Crippen LogP contribution in [0.5, 0.6) is 75.5 Å². The molecule has 37 heteroatoms. The zero-order valence-electron chi connectivity index (χ0n) is 86.8. The third-order valence-corrected chi connectivity index (χ3v) is 27.0. The zero-order valence-corrected chi connectivity index (χ0v) is 86.8. The molecule has 0 unspecified atom stereocenters. The monoisotopic (exact) mass is 2060 g/mol. The van der Waals surface area contributed by atoms with Crippen LogP contribution in [-0.4, -0.2) is 257 Å². The first-order valence-electron chi connectivity index (χ1n) is 50.9. The van der Waals surface area contributed by atoms with Gasteiger partial charge in [0.15, 0.2) is 23.1 Å². The Morgan fingerprint density at radius 3 is 0.846 bits per heavy atom. The van der Waals surface area contributed by atoms with Crippen LogP contribution in [0.2, 0.25) is 0 Å². The highest BCUT2D eigenvalue weighted by molar-refractivity contribution is 5.37. The molecule has 0 bridgehead atoms. The van der Waals surface area contributed by atoms with Gasteiger partial charge in [0.25, 0.3) is 0 Å². The molecule has 149 heavy (non-hydrogen) atoms. The van der Waals surface area contributed by atoms with E-state index in [4.69, 9.17) is 61.6 Å². The van der Waals surface area contributed by atoms with Gasteiger partial charge in [0, 0.05) is 126 Å². The first kappa shape index (κ1) is 113. The molecule has 0 amide bonds. The van der Waals surface area contributed by atoms with Gasteiger partial charge in [-0.3, -0.25) is 59.3 Å². The SMILES string of the molecule is COc1cccc(OCC2CCN(Cc3nccnc3OC)CC2)c1.COc1nccnc1CN1CCC(COc2cc(F)ccc2F)CC1.COc1nccnc1CN1CCC(COc2cccc(C)c2)CC1.COc1nccnc1CN1CCC(COc2ccccc2C(F)(F)F)CC1.COc1nccnc1CN1CCC(COc2ccccc2C)CC1.COc1nccnc1CN1CCC(COc2ccccc2F)CC1. The van der Waals surface area contributed by atoms with Gasteiger partial charge < -0.3 is 61.6 Å². The van der Waals surface area contributed by atoms with E-state index >= 15 is 0 Å². The summed E-state index contributed by atoms with van der Waals surface area (Å²) in [5.41, 5.74) is 6.90. The fourth-order valence-electron chi connectivity index (χ4n) is 18.3. The second kappa shape index (κ2) is 60.3. The first-order chi connectivity index (χ1) is 72.7. The van der Waals surface area contributed by atoms with Crippen molar-refractivity contribution in [1.29, 1.82) is 0 Å². The first-order valence-corrected chi connectivity index (χ1v) is 50.9. The van der Waals surface area contributed by atoms with Gasteiger partial charge in [-0.15, -0.1) is 0 Å². The minimum Gasteiger partial charge on any atom is -0.497 e. The topological polar surface area (TPSA) is 294 Å². The Labute approximate surface area is 870 Å². The molecule has 0 N–H and O–H groups in total. The Morgan fingerprint density at radius 2 is 0.523 bits per heavy atom. The number of hydrogen-bond acceptors (Lipinski definition) is 31. The van der Waals surface area contributed by atoms with Gasteiger partial charge in [0.1, 0.15) is 68.7 Å². The minimum atomic E-state index is -4.41. The van der Waals surface area contributed by atoms with E-state index in [-0.39, 0.29) is 29.8 Å². The Kier molecular flexibility index (Phi) is 45.6. The molecule has 6 aromatic heterocycles. The predicted molar refractivity (Wildman–Crippen MR) is 552 cm³/mol. The summed E-state index contributed by atoms with van der Waals surface area (Å²) < 4.78 is 151. The number of halogens is 6. The van der Waals surface area contributed by atoms with Crippen molar-refractivity contribution in [2.45, 2.75) is 136 Å². The van der Waals surface area contributed by atoms with Crippen molar-refractivity contribution in [2.24, 2.45) is 35.5 Å². The molecular formula is C112H140F6N18O13. The number of ether oxygens (including phenoxy) is 13. The average molecular weight is 2060 g/mol. The van der Waals surface area contributed by atoms with Gasteiger partial charge in [0.2, 0.25) is 35.3 Å². The molecule has 6 aliphatic heterocycles. The van der Waals surface area contributed by atoms with E-state index in [9.17, 15) is 26.3 Å². The lowest BCUT2D eigenvalue weighted by Crippen LogP contribution is -2.35. The molecule has 0 aliphatic carbocycles. The van der Waals surface area contributed by atoms with E-state index in [1.807, 2.05) is 54.6 Å². The number of methoxy groups -OCH3 is 7. The molecule has 0 saturated carbocycles. The van der Waals surface area contributed by atoms with Crippen LogP contribution >= 0.6 is 0 Å². The lowest BCUT2D eigenvalue weighted by molar-refractivity contribution is -0.139. The van der Waals surface area contributed by atoms with Crippen molar-refractivity contribution in [3.63, 3.8) is 0 Å². The maximum Gasteiger partial charge on any atom is 0.419 e. The fourth-order valence-corrected chi connectivity index (χ4v) is 18.3. The number of piperidine rings is 6. The van der Waals surface area contributed by atoms with Crippen molar-refractivity contribution in [1.82, 2.24) is 89.2 Å². The molecule has 12 heterocycles. The van der Waals surface area contributed by atoms with E-state index in [1.54, 1.807) is 148 Å². The maximum atomic E-state index is 13.6. The minimum absolute atomic E-state index is 0.0216. The summed E-state index contributed by atoms with van der Waals surface area (Å²) in [5.74, 6) is 8.89. The predicted octanol–water partition coefficient (Wildman–Crippen LogP) is 18.7. The van der Waals surface area contributed by atoms with Crippen LogP contribution in [-0.2, 0) is 45.4 Å². The van der Waals surface area contributed by atoms with E-state index in [2.05, 4.69) is 121 Å². The van der Waals surface area contributed by atoms with Crippen LogP contribution in [0.4, 0.5) is 26.3 Å². The summed E-state index contributed by atoms with van der Waals surface area (Å²) in [7, 11) is 11.3. The molecule has 12 aromatic rings. The van der Waals surface area contributed by atoms with Crippen molar-refractivity contribution in [3.8, 4) is 75.5 Å². The number of hydrogen-bond donors (Lipinski definition) is 0. The van der Waals surface area contributed by atoms with Crippen molar-refractivity contribution in [3.05, 3.63) is 282 Å². The van der Waals surface area contributed by atoms with E-state index in [0.717, 1.165) is 283 Å². The fraction of sp³-hybridized carbons (Fsp3) is 0.464. The summed E-state index contributed by atoms with van der Waals surface area (Å²) in [6.07, 6.45) is 28.0. The van der Waals surface area contributed by atoms with Crippen LogP contribution in [0.15, 0.2) is 214 Å². The zero-order chi connectivity index (χ0) is 105. The molecule has 798 valence electrons. The molecule has 6 saturated heterocycles. The van der Waals surface area contributed by atoms with E-state index < -0.39 is 23.4 Å². The van der Waals surface area contributed by atoms with Crippen molar-refractivity contribution in [2.75, 3.05) is 168 Å². The molecule has 0 radical (unpaired) electrons. The normalized spacial score (nSPS) is 16.0. The number of aromatic nitrogens is 12. The number of likely N-dealkylation sites (tertiary alicyclic amines) is 6. The second-order valence-electron chi connectivity index (χ2n) is 37.5. The van der Waals surface area contributed by atoms with Crippen molar-refractivity contribution >= 4 is 0 Å². The number of nitrogens with zero attached hydrogens (tertiary/aromatic N) is 18. The van der Waals surface area contributed by atoms with E-state index in [0.29, 0.717) is 96.9 Å². The lowest BCUT2D eigenvalue weighted by atomic mass is 9.97. The van der Waals surface area contributed by atoms with Crippen LogP contribution in [0.3, 0.4) is 0 Å². The molecule has 6 aromatic carbocycles. The maximum absolute atomic E-state index is 13.6. The van der Waals surface area contributed by atoms with Crippen molar-refractivity contribution < 1.29 is 87.9 Å². The highest BCUT2D eigenvalue weighted by Gasteiger charge is 2.36. The Hall–Kier alpha value is -13.5. The molecule has 0 spiro atoms. The van der Waals surface area contributed by atoms with E-state index in [1.165, 1.54) is 29.3 Å². The van der Waals surface area contributed by atoms with Crippen LogP contribution in [0.25, 0.3) is 0 Å². The van der Waals surface area contributed by atoms with Gasteiger partial charge in [0.05, 0.1) is 95.0 Å². The number of rotatable bonds is 37. The second-order valence-corrected chi connectivity index (χ2v) is 37.5. The lowest BCUT2D eigenvalue weighted by Gasteiger charge is -2.31. The summed E-state index contributed by atoms with van der Waals surface area (Å²) in [4.78, 5) is 65.4. The summed E-state index contributed by atoms with van der Waals surface area (Å²) in [5, 5.41) is 0. The molecule has 6 fully saturated rings. The number of alkyl halides is 3. The largest absolute Gasteiger partial charge is 0.497 e. The standard InChI is InChI=1S/C19H22F3N3O2.C19H25N3O3.2C19H25N3O2.C18H21F2N3O2.C18H22FN3O2/c1-26-18-16(23-8-9-24-18)12-25-10-6-14(7-11-25)13-27-17-5-3-2-4-15(17)19(20,21)22;1-23-16-4-3-5-17(12-16)25-14-15-6-10-22(11-7-15)13-18-19(24-2)21-9-8-20-18;1-15-4-3-5-17(12-15)24-14-16-6-10-22(11-7-16)13-18-19(23-2)21-9-8-20-18;1-15-5-3-4-6-18(15)24-14-16-7-11-22(12-8-16)13-17-19(23-2)21-10-9-20-17;1-24-18-16(21-6-7-22-18)11-23-8-4-13(5-9-23)12-25-17-10-14(19)2-3-15(17)20;1-23-18-16(20-8-9-21-18)12-22-10-6-14(7-11-22)13-24-17-5-3-2-4-15(17)19/h2-5,8-9,14H,6-7,10-13H2,1H3;3-5,8-9,12,15H,6-7,10-11,13-14H2,1-2H3;3-5,8-9,12,16H,6-7,10-11,13-14H2,1-2H3;3-6,9-10,16H,7-8,11-14H2,1-2H3;2-3,6-7,10,13H,4-5,8-9,11-12H2,1H3;2-5,8-9,14H,6-7,10-13H2,1H3. The summed E-state index contributed by atoms with van der Waals surface area (Å²) in [6.45, 7) is 23.8. The third-order valence-electron chi connectivity index (χ3n) is 27.0. The third kappa shape index (κ3) is 37.1. The van der Waals surface area contributed by atoms with Crippen LogP contribution in [0.1, 0.15) is 128 Å². The van der Waals surface area contributed by atoms with Gasteiger partial charge in [-0.25, -0.2) is 43.1 Å². The molecule has 6 aliphatic rings. The highest BCUT2D eigenvalue weighted by atomic mass is 19.4. The smallest absolute Gasteiger partial charge is 0.419 e. The Bertz CT molecular complexity index is 5820. The van der Waals surface area contributed by atoms with Gasteiger partial charge >= 0.3 is 6.18 Å². The van der Waals surface area contributed by atoms with Gasteiger partial charge in [-0.2, -0.15) is 13.2 Å². The average Bonchev–Trinajstić information content (AvgIpc) is 0.826. The van der Waals surface area contributed by atoms with Gasteiger partial charge in [-0.1, -0.05) is 60.7 Å². The number of aryl methyl sites for hydroxylation is 2. The van der Waals surface area contributed by atoms with Crippen LogP contribution < -0.4 is 61.6 Å². The number of benzene rings is 6. The Balaban J connectivity index is 0.000000149. The highest BCUT2D eigenvalue weighted by Crippen LogP contribution is 2.38. The van der Waals surface area contributed by atoms with Crippen LogP contribution in [0, 0.1) is 66.8 Å². The summed E-state index contributed by atoms with van der Waals surface area (Å²) in [6, 6.07) is 39.4. The molecule has 31 nitrogen and oxygen atoms in total. The summed E-state index contributed by atoms with van der Waals surface area (Å²) >= 11 is 0.